The second kappa shape index (κ2) is 4.08. The number of carbonyl (C=O) groups is 1. The largest absolute Gasteiger partial charge is 0.381 e. The second-order valence-electron chi connectivity index (χ2n) is 3.73. The van der Waals surface area contributed by atoms with Gasteiger partial charge in [0.1, 0.15) is 5.82 Å². The van der Waals surface area contributed by atoms with Crippen LogP contribution in [0.1, 0.15) is 13.3 Å². The molecule has 0 aliphatic carbocycles. The number of rotatable bonds is 0. The van der Waals surface area contributed by atoms with Gasteiger partial charge < -0.3 is 10.2 Å². The van der Waals surface area contributed by atoms with Gasteiger partial charge >= 0.3 is 0 Å². The van der Waals surface area contributed by atoms with Crippen LogP contribution in [0.2, 0.25) is 0 Å². The molecular weight excluding hydrogens is 214 g/mol. The average Bonchev–Trinajstić information content (AvgIpc) is 2.39. The fourth-order valence-corrected chi connectivity index (χ4v) is 1.85. The van der Waals surface area contributed by atoms with Crippen LogP contribution in [0, 0.1) is 11.6 Å². The molecule has 0 saturated carbocycles. The van der Waals surface area contributed by atoms with Crippen LogP contribution in [0.4, 0.5) is 20.2 Å². The zero-order chi connectivity index (χ0) is 11.7. The van der Waals surface area contributed by atoms with Gasteiger partial charge in [-0.25, -0.2) is 8.78 Å². The number of benzene rings is 1. The summed E-state index contributed by atoms with van der Waals surface area (Å²) in [4.78, 5) is 12.8. The highest BCUT2D eigenvalue weighted by molar-refractivity contribution is 5.95. The van der Waals surface area contributed by atoms with Crippen LogP contribution >= 0.6 is 0 Å². The van der Waals surface area contributed by atoms with E-state index in [1.54, 1.807) is 0 Å². The molecule has 0 bridgehead atoms. The Morgan fingerprint density at radius 1 is 1.44 bits per heavy atom. The summed E-state index contributed by atoms with van der Waals surface area (Å²) in [6.07, 6.45) is 0.704. The highest BCUT2D eigenvalue weighted by Crippen LogP contribution is 2.32. The molecule has 1 heterocycles. The summed E-state index contributed by atoms with van der Waals surface area (Å²) in [6, 6.07) is 1.99. The number of nitrogens with one attached hydrogen (secondary N) is 1. The SMILES string of the molecule is CC(=O)N1CCCNc2c(F)cc(F)cc21. The number of hydrogen-bond donors (Lipinski definition) is 1. The van der Waals surface area contributed by atoms with E-state index in [2.05, 4.69) is 5.32 Å². The topological polar surface area (TPSA) is 32.3 Å². The highest BCUT2D eigenvalue weighted by Gasteiger charge is 2.21. The molecule has 86 valence electrons. The molecule has 0 fully saturated rings. The molecule has 0 atom stereocenters. The van der Waals surface area contributed by atoms with E-state index in [-0.39, 0.29) is 17.3 Å². The van der Waals surface area contributed by atoms with Crippen LogP contribution in [-0.2, 0) is 4.79 Å². The van der Waals surface area contributed by atoms with Crippen molar-refractivity contribution < 1.29 is 13.6 Å². The Morgan fingerprint density at radius 2 is 2.19 bits per heavy atom. The van der Waals surface area contributed by atoms with Crippen molar-refractivity contribution in [3.63, 3.8) is 0 Å². The Morgan fingerprint density at radius 3 is 2.88 bits per heavy atom. The first-order chi connectivity index (χ1) is 7.59. The van der Waals surface area contributed by atoms with Crippen LogP contribution in [0.15, 0.2) is 12.1 Å². The highest BCUT2D eigenvalue weighted by atomic mass is 19.1. The van der Waals surface area contributed by atoms with Gasteiger partial charge in [-0.3, -0.25) is 4.79 Å². The zero-order valence-electron chi connectivity index (χ0n) is 8.89. The third kappa shape index (κ3) is 1.85. The number of anilines is 2. The van der Waals surface area contributed by atoms with Crippen LogP contribution in [-0.4, -0.2) is 19.0 Å². The van der Waals surface area contributed by atoms with Gasteiger partial charge in [0.25, 0.3) is 0 Å². The van der Waals surface area contributed by atoms with Gasteiger partial charge in [-0.2, -0.15) is 0 Å². The standard InChI is InChI=1S/C11H12F2N2O/c1-7(16)15-4-2-3-14-11-9(13)5-8(12)6-10(11)15/h5-6,14H,2-4H2,1H3. The summed E-state index contributed by atoms with van der Waals surface area (Å²) < 4.78 is 26.6. The lowest BCUT2D eigenvalue weighted by Crippen LogP contribution is -2.29. The minimum Gasteiger partial charge on any atom is -0.381 e. The molecule has 2 rings (SSSR count). The van der Waals surface area contributed by atoms with Crippen LogP contribution in [0.25, 0.3) is 0 Å². The molecule has 1 aromatic carbocycles. The quantitative estimate of drug-likeness (QED) is 0.735. The fourth-order valence-electron chi connectivity index (χ4n) is 1.85. The summed E-state index contributed by atoms with van der Waals surface area (Å²) in [5.41, 5.74) is 0.483. The first kappa shape index (κ1) is 10.9. The Labute approximate surface area is 92.1 Å². The van der Waals surface area contributed by atoms with Crippen molar-refractivity contribution in [1.29, 1.82) is 0 Å². The number of halogens is 2. The van der Waals surface area contributed by atoms with Crippen LogP contribution < -0.4 is 10.2 Å². The summed E-state index contributed by atoms with van der Waals surface area (Å²) in [5.74, 6) is -1.55. The van der Waals surface area contributed by atoms with Crippen molar-refractivity contribution in [3.05, 3.63) is 23.8 Å². The Bertz CT molecular complexity index is 434. The van der Waals surface area contributed by atoms with Crippen molar-refractivity contribution in [2.45, 2.75) is 13.3 Å². The fraction of sp³-hybridized carbons (Fsp3) is 0.364. The summed E-state index contributed by atoms with van der Waals surface area (Å²) >= 11 is 0. The molecule has 0 aromatic heterocycles. The maximum absolute atomic E-state index is 13.5. The molecule has 3 nitrogen and oxygen atoms in total. The van der Waals surface area contributed by atoms with E-state index in [4.69, 9.17) is 0 Å². The third-order valence-corrected chi connectivity index (χ3v) is 2.57. The Balaban J connectivity index is 2.55. The van der Waals surface area contributed by atoms with Gasteiger partial charge in [-0.1, -0.05) is 0 Å². The predicted octanol–water partition coefficient (Wildman–Crippen LogP) is 2.13. The smallest absolute Gasteiger partial charge is 0.223 e. The lowest BCUT2D eigenvalue weighted by Gasteiger charge is -2.20. The lowest BCUT2D eigenvalue weighted by atomic mass is 10.2. The molecular formula is C11H12F2N2O. The summed E-state index contributed by atoms with van der Waals surface area (Å²) in [6.45, 7) is 2.43. The van der Waals surface area contributed by atoms with E-state index >= 15 is 0 Å². The summed E-state index contributed by atoms with van der Waals surface area (Å²) in [5, 5.41) is 2.87. The van der Waals surface area contributed by atoms with Crippen molar-refractivity contribution in [2.75, 3.05) is 23.3 Å². The van der Waals surface area contributed by atoms with E-state index in [1.165, 1.54) is 17.9 Å². The normalized spacial score (nSPS) is 15.1. The Kier molecular flexibility index (Phi) is 2.77. The van der Waals surface area contributed by atoms with Crippen molar-refractivity contribution >= 4 is 17.3 Å². The minimum atomic E-state index is -0.675. The van der Waals surface area contributed by atoms with Crippen LogP contribution in [0.5, 0.6) is 0 Å². The maximum atomic E-state index is 13.5. The van der Waals surface area contributed by atoms with Gasteiger partial charge in [-0.05, 0) is 12.5 Å². The molecule has 1 aromatic rings. The van der Waals surface area contributed by atoms with E-state index in [9.17, 15) is 13.6 Å². The van der Waals surface area contributed by atoms with Gasteiger partial charge in [0.05, 0.1) is 11.4 Å². The van der Waals surface area contributed by atoms with E-state index < -0.39 is 11.6 Å². The number of nitrogens with zero attached hydrogens (tertiary/aromatic N) is 1. The number of amides is 1. The molecule has 0 saturated heterocycles. The molecule has 5 heteroatoms. The van der Waals surface area contributed by atoms with Crippen molar-refractivity contribution in [1.82, 2.24) is 0 Å². The van der Waals surface area contributed by atoms with Crippen molar-refractivity contribution in [2.24, 2.45) is 0 Å². The zero-order valence-corrected chi connectivity index (χ0v) is 8.89. The number of carbonyl (C=O) groups excluding carboxylic acids is 1. The molecule has 0 radical (unpaired) electrons. The van der Waals surface area contributed by atoms with Crippen molar-refractivity contribution in [3.8, 4) is 0 Å². The molecule has 0 unspecified atom stereocenters. The molecule has 1 aliphatic heterocycles. The first-order valence-electron chi connectivity index (χ1n) is 5.10. The molecule has 1 amide bonds. The number of fused-ring (bicyclic) bond motifs is 1. The molecule has 0 spiro atoms. The lowest BCUT2D eigenvalue weighted by molar-refractivity contribution is -0.116. The van der Waals surface area contributed by atoms with Gasteiger partial charge in [0, 0.05) is 26.1 Å². The predicted molar refractivity (Wildman–Crippen MR) is 57.5 cm³/mol. The van der Waals surface area contributed by atoms with Gasteiger partial charge in [0.2, 0.25) is 5.91 Å². The minimum absolute atomic E-state index is 0.203. The molecule has 1 N–H and O–H groups in total. The third-order valence-electron chi connectivity index (χ3n) is 2.57. The monoisotopic (exact) mass is 226 g/mol. The van der Waals surface area contributed by atoms with E-state index in [0.29, 0.717) is 19.5 Å². The second-order valence-corrected chi connectivity index (χ2v) is 3.73. The average molecular weight is 226 g/mol. The maximum Gasteiger partial charge on any atom is 0.223 e. The van der Waals surface area contributed by atoms with Gasteiger partial charge in [-0.15, -0.1) is 0 Å². The molecule has 16 heavy (non-hydrogen) atoms. The van der Waals surface area contributed by atoms with E-state index in [0.717, 1.165) is 6.07 Å². The van der Waals surface area contributed by atoms with Crippen LogP contribution in [0.3, 0.4) is 0 Å². The first-order valence-corrected chi connectivity index (χ1v) is 5.10. The summed E-state index contributed by atoms with van der Waals surface area (Å²) in [7, 11) is 0. The van der Waals surface area contributed by atoms with E-state index in [1.807, 2.05) is 0 Å². The number of hydrogen-bond acceptors (Lipinski definition) is 2. The Hall–Kier alpha value is -1.65. The van der Waals surface area contributed by atoms with Gasteiger partial charge in [0.15, 0.2) is 5.82 Å². The molecule has 1 aliphatic rings.